The highest BCUT2D eigenvalue weighted by molar-refractivity contribution is 7.92. The number of sulfonamides is 1. The highest BCUT2D eigenvalue weighted by atomic mass is 35.5. The number of hydrogen-bond acceptors (Lipinski definition) is 5. The van der Waals surface area contributed by atoms with Crippen molar-refractivity contribution in [2.24, 2.45) is 0 Å². The molecule has 0 saturated carbocycles. The number of anilines is 1. The topological polar surface area (TPSA) is 96.0 Å². The third kappa shape index (κ3) is 8.01. The molecule has 3 aromatic carbocycles. The molecule has 2 atom stereocenters. The minimum absolute atomic E-state index is 0.0236. The Morgan fingerprint density at radius 2 is 1.54 bits per heavy atom. The summed E-state index contributed by atoms with van der Waals surface area (Å²) in [5, 5.41) is 3.12. The number of benzene rings is 3. The molecule has 0 fully saturated rings. The molecule has 8 nitrogen and oxygen atoms in total. The number of ether oxygens (including phenoxy) is 1. The van der Waals surface area contributed by atoms with Gasteiger partial charge in [0.25, 0.3) is 10.0 Å². The summed E-state index contributed by atoms with van der Waals surface area (Å²) in [6.07, 6.45) is 0.727. The van der Waals surface area contributed by atoms with Gasteiger partial charge in [-0.15, -0.1) is 0 Å². The van der Waals surface area contributed by atoms with Crippen LogP contribution >= 0.6 is 11.6 Å². The molecule has 2 amide bonds. The van der Waals surface area contributed by atoms with Crippen molar-refractivity contribution in [1.82, 2.24) is 10.2 Å². The first-order chi connectivity index (χ1) is 19.4. The SMILES string of the molecule is CC[C@@H](C)NC(=O)[C@@H](C)N(Cc1ccc(C)cc1)C(=O)CN(c1ccc(OC)c(Cl)c1)S(=O)(=O)c1ccc(C)cc1. The van der Waals surface area contributed by atoms with E-state index in [4.69, 9.17) is 16.3 Å². The lowest BCUT2D eigenvalue weighted by atomic mass is 10.1. The third-order valence-corrected chi connectivity index (χ3v) is 9.04. The lowest BCUT2D eigenvalue weighted by Gasteiger charge is -2.32. The number of carbonyl (C=O) groups excluding carboxylic acids is 2. The molecule has 41 heavy (non-hydrogen) atoms. The Kier molecular flexibility index (Phi) is 10.8. The molecule has 0 unspecified atom stereocenters. The van der Waals surface area contributed by atoms with Crippen molar-refractivity contribution in [3.63, 3.8) is 0 Å². The molecule has 0 aliphatic carbocycles. The van der Waals surface area contributed by atoms with E-state index >= 15 is 0 Å². The lowest BCUT2D eigenvalue weighted by molar-refractivity contribution is -0.139. The molecule has 0 heterocycles. The molecule has 0 saturated heterocycles. The van der Waals surface area contributed by atoms with Crippen molar-refractivity contribution in [2.75, 3.05) is 18.0 Å². The van der Waals surface area contributed by atoms with Crippen LogP contribution in [0.3, 0.4) is 0 Å². The number of nitrogens with one attached hydrogen (secondary N) is 1. The molecule has 0 aromatic heterocycles. The number of aryl methyl sites for hydroxylation is 2. The zero-order valence-corrected chi connectivity index (χ0v) is 25.9. The summed E-state index contributed by atoms with van der Waals surface area (Å²) in [6, 6.07) is 17.6. The maximum absolute atomic E-state index is 14.0. The van der Waals surface area contributed by atoms with Crippen molar-refractivity contribution in [3.8, 4) is 5.75 Å². The molecular weight excluding hydrogens is 562 g/mol. The quantitative estimate of drug-likeness (QED) is 0.297. The number of rotatable bonds is 12. The van der Waals surface area contributed by atoms with Gasteiger partial charge in [-0.05, 0) is 70.0 Å². The monoisotopic (exact) mass is 599 g/mol. The minimum Gasteiger partial charge on any atom is -0.495 e. The fourth-order valence-corrected chi connectivity index (χ4v) is 5.77. The van der Waals surface area contributed by atoms with E-state index in [0.717, 1.165) is 27.4 Å². The van der Waals surface area contributed by atoms with Crippen LogP contribution in [-0.2, 0) is 26.2 Å². The van der Waals surface area contributed by atoms with E-state index in [1.807, 2.05) is 52.0 Å². The zero-order valence-electron chi connectivity index (χ0n) is 24.3. The van der Waals surface area contributed by atoms with E-state index in [2.05, 4.69) is 5.32 Å². The Morgan fingerprint density at radius 1 is 0.951 bits per heavy atom. The zero-order chi connectivity index (χ0) is 30.3. The average Bonchev–Trinajstić information content (AvgIpc) is 2.95. The number of methoxy groups -OCH3 is 1. The Bertz CT molecular complexity index is 1460. The minimum atomic E-state index is -4.20. The Balaban J connectivity index is 2.06. The van der Waals surface area contributed by atoms with E-state index in [0.29, 0.717) is 5.75 Å². The Hall–Kier alpha value is -3.56. The van der Waals surface area contributed by atoms with Crippen molar-refractivity contribution < 1.29 is 22.7 Å². The van der Waals surface area contributed by atoms with Crippen LogP contribution in [0.2, 0.25) is 5.02 Å². The molecule has 10 heteroatoms. The van der Waals surface area contributed by atoms with Gasteiger partial charge < -0.3 is 15.0 Å². The first kappa shape index (κ1) is 32.0. The first-order valence-electron chi connectivity index (χ1n) is 13.5. The smallest absolute Gasteiger partial charge is 0.264 e. The molecule has 3 aromatic rings. The summed E-state index contributed by atoms with van der Waals surface area (Å²) in [5.41, 5.74) is 2.95. The van der Waals surface area contributed by atoms with Crippen molar-refractivity contribution in [1.29, 1.82) is 0 Å². The third-order valence-electron chi connectivity index (χ3n) is 6.95. The van der Waals surface area contributed by atoms with Crippen LogP contribution in [0.15, 0.2) is 71.6 Å². The van der Waals surface area contributed by atoms with E-state index < -0.39 is 28.5 Å². The van der Waals surface area contributed by atoms with Gasteiger partial charge in [-0.3, -0.25) is 13.9 Å². The maximum Gasteiger partial charge on any atom is 0.264 e. The fourth-order valence-electron chi connectivity index (χ4n) is 4.11. The summed E-state index contributed by atoms with van der Waals surface area (Å²) in [4.78, 5) is 28.6. The van der Waals surface area contributed by atoms with Crippen LogP contribution < -0.4 is 14.4 Å². The predicted octanol–water partition coefficient (Wildman–Crippen LogP) is 5.49. The highest BCUT2D eigenvalue weighted by Gasteiger charge is 2.33. The second-order valence-corrected chi connectivity index (χ2v) is 12.4. The Morgan fingerprint density at radius 3 is 2.07 bits per heavy atom. The first-order valence-corrected chi connectivity index (χ1v) is 15.3. The highest BCUT2D eigenvalue weighted by Crippen LogP contribution is 2.32. The molecule has 0 aliphatic rings. The molecule has 0 spiro atoms. The van der Waals surface area contributed by atoms with E-state index in [-0.39, 0.29) is 34.1 Å². The van der Waals surface area contributed by atoms with Crippen LogP contribution in [0.4, 0.5) is 5.69 Å². The summed E-state index contributed by atoms with van der Waals surface area (Å²) >= 11 is 6.37. The molecule has 0 bridgehead atoms. The summed E-state index contributed by atoms with van der Waals surface area (Å²) in [7, 11) is -2.74. The van der Waals surface area contributed by atoms with Crippen LogP contribution in [-0.4, -0.2) is 50.9 Å². The number of hydrogen-bond donors (Lipinski definition) is 1. The van der Waals surface area contributed by atoms with Gasteiger partial charge in [0.2, 0.25) is 11.8 Å². The summed E-state index contributed by atoms with van der Waals surface area (Å²) in [6.45, 7) is 8.88. The summed E-state index contributed by atoms with van der Waals surface area (Å²) < 4.78 is 34.2. The van der Waals surface area contributed by atoms with Crippen LogP contribution in [0.1, 0.15) is 43.9 Å². The van der Waals surface area contributed by atoms with Gasteiger partial charge in [0.1, 0.15) is 18.3 Å². The van der Waals surface area contributed by atoms with Crippen molar-refractivity contribution >= 4 is 39.1 Å². The van der Waals surface area contributed by atoms with Crippen molar-refractivity contribution in [2.45, 2.75) is 64.6 Å². The normalized spacial score (nSPS) is 12.8. The maximum atomic E-state index is 14.0. The van der Waals surface area contributed by atoms with Gasteiger partial charge in [0.15, 0.2) is 0 Å². The Labute approximate surface area is 248 Å². The van der Waals surface area contributed by atoms with Gasteiger partial charge >= 0.3 is 0 Å². The second-order valence-electron chi connectivity index (χ2n) is 10.1. The van der Waals surface area contributed by atoms with Crippen molar-refractivity contribution in [3.05, 3.63) is 88.4 Å². The van der Waals surface area contributed by atoms with Gasteiger partial charge in [-0.1, -0.05) is 66.0 Å². The van der Waals surface area contributed by atoms with Gasteiger partial charge in [-0.25, -0.2) is 8.42 Å². The number of halogens is 1. The standard InChI is InChI=1S/C31H38ClN3O5S/c1-7-23(4)33-31(37)24(5)34(19-25-12-8-21(2)9-13-25)30(36)20-35(26-14-17-29(40-6)28(32)18-26)41(38,39)27-15-10-22(3)11-16-27/h8-18,23-24H,7,19-20H2,1-6H3,(H,33,37)/t23-,24-/m1/s1. The van der Waals surface area contributed by atoms with Gasteiger partial charge in [-0.2, -0.15) is 0 Å². The number of carbonyl (C=O) groups is 2. The van der Waals surface area contributed by atoms with Crippen LogP contribution in [0, 0.1) is 13.8 Å². The predicted molar refractivity (Wildman–Crippen MR) is 163 cm³/mol. The van der Waals surface area contributed by atoms with E-state index in [9.17, 15) is 18.0 Å². The molecule has 1 N–H and O–H groups in total. The molecular formula is C31H38ClN3O5S. The number of amides is 2. The second kappa shape index (κ2) is 13.9. The van der Waals surface area contributed by atoms with Crippen LogP contribution in [0.5, 0.6) is 5.75 Å². The molecule has 0 radical (unpaired) electrons. The number of nitrogens with zero attached hydrogens (tertiary/aromatic N) is 2. The average molecular weight is 600 g/mol. The fraction of sp³-hybridized carbons (Fsp3) is 0.355. The van der Waals surface area contributed by atoms with E-state index in [1.165, 1.54) is 36.3 Å². The molecule has 3 rings (SSSR count). The van der Waals surface area contributed by atoms with Gasteiger partial charge in [0, 0.05) is 12.6 Å². The molecule has 220 valence electrons. The molecule has 0 aliphatic heterocycles. The van der Waals surface area contributed by atoms with Crippen LogP contribution in [0.25, 0.3) is 0 Å². The lowest BCUT2D eigenvalue weighted by Crippen LogP contribution is -2.52. The van der Waals surface area contributed by atoms with E-state index in [1.54, 1.807) is 25.1 Å². The largest absolute Gasteiger partial charge is 0.495 e. The van der Waals surface area contributed by atoms with Gasteiger partial charge in [0.05, 0.1) is 22.7 Å². The summed E-state index contributed by atoms with van der Waals surface area (Å²) in [5.74, 6) is -0.494.